The standard InChI is InChI=1S/C10H17ClN2O3S/c1-3-9-12-10(17(11,14)15)8-13(9)6-5-7-16-4-2/h8H,3-7H2,1-2H3. The van der Waals surface area contributed by atoms with Gasteiger partial charge in [0.05, 0.1) is 0 Å². The molecule has 0 aromatic carbocycles. The van der Waals surface area contributed by atoms with Gasteiger partial charge in [0.1, 0.15) is 5.82 Å². The number of aryl methyl sites for hydroxylation is 2. The SMILES string of the molecule is CCOCCCn1cc(S(=O)(=O)Cl)nc1CC. The van der Waals surface area contributed by atoms with E-state index in [1.807, 2.05) is 18.4 Å². The fourth-order valence-corrected chi connectivity index (χ4v) is 2.19. The van der Waals surface area contributed by atoms with Gasteiger partial charge >= 0.3 is 0 Å². The molecule has 0 spiro atoms. The van der Waals surface area contributed by atoms with Crippen LogP contribution in [0.4, 0.5) is 0 Å². The van der Waals surface area contributed by atoms with Crippen LogP contribution < -0.4 is 0 Å². The minimum Gasteiger partial charge on any atom is -0.382 e. The molecule has 1 aromatic heterocycles. The molecule has 1 aromatic rings. The van der Waals surface area contributed by atoms with E-state index in [1.54, 1.807) is 0 Å². The van der Waals surface area contributed by atoms with Crippen molar-refractivity contribution >= 4 is 19.7 Å². The van der Waals surface area contributed by atoms with Crippen molar-refractivity contribution in [1.29, 1.82) is 0 Å². The molecule has 17 heavy (non-hydrogen) atoms. The summed E-state index contributed by atoms with van der Waals surface area (Å²) >= 11 is 0. The zero-order valence-electron chi connectivity index (χ0n) is 10.0. The van der Waals surface area contributed by atoms with E-state index in [0.29, 0.717) is 26.2 Å². The van der Waals surface area contributed by atoms with Gasteiger partial charge in [-0.1, -0.05) is 6.92 Å². The quantitative estimate of drug-likeness (QED) is 0.564. The van der Waals surface area contributed by atoms with Crippen LogP contribution in [0.15, 0.2) is 11.2 Å². The monoisotopic (exact) mass is 280 g/mol. The molecule has 0 atom stereocenters. The van der Waals surface area contributed by atoms with Crippen LogP contribution in [-0.2, 0) is 26.8 Å². The molecule has 0 saturated heterocycles. The van der Waals surface area contributed by atoms with Crippen molar-refractivity contribution in [2.24, 2.45) is 0 Å². The summed E-state index contributed by atoms with van der Waals surface area (Å²) in [6.45, 7) is 5.88. The van der Waals surface area contributed by atoms with E-state index < -0.39 is 9.05 Å². The number of aromatic nitrogens is 2. The van der Waals surface area contributed by atoms with Gasteiger partial charge in [-0.2, -0.15) is 0 Å². The summed E-state index contributed by atoms with van der Waals surface area (Å²) in [6, 6.07) is 0. The first kappa shape index (κ1) is 14.5. The molecule has 0 bridgehead atoms. The van der Waals surface area contributed by atoms with Crippen LogP contribution in [0.3, 0.4) is 0 Å². The van der Waals surface area contributed by atoms with Crippen LogP contribution in [0.1, 0.15) is 26.1 Å². The third kappa shape index (κ3) is 4.29. The van der Waals surface area contributed by atoms with Gasteiger partial charge in [-0.15, -0.1) is 0 Å². The fourth-order valence-electron chi connectivity index (χ4n) is 1.50. The van der Waals surface area contributed by atoms with Crippen molar-refractivity contribution in [2.75, 3.05) is 13.2 Å². The third-order valence-electron chi connectivity index (χ3n) is 2.29. The van der Waals surface area contributed by atoms with Crippen LogP contribution >= 0.6 is 10.7 Å². The summed E-state index contributed by atoms with van der Waals surface area (Å²) in [5, 5.41) is -0.0765. The average molecular weight is 281 g/mol. The van der Waals surface area contributed by atoms with E-state index in [0.717, 1.165) is 12.2 Å². The highest BCUT2D eigenvalue weighted by atomic mass is 35.7. The Balaban J connectivity index is 2.74. The maximum Gasteiger partial charge on any atom is 0.280 e. The van der Waals surface area contributed by atoms with E-state index in [1.165, 1.54) is 6.20 Å². The van der Waals surface area contributed by atoms with Gasteiger partial charge in [-0.3, -0.25) is 0 Å². The van der Waals surface area contributed by atoms with E-state index >= 15 is 0 Å². The predicted molar refractivity (Wildman–Crippen MR) is 65.8 cm³/mol. The summed E-state index contributed by atoms with van der Waals surface area (Å²) in [5.41, 5.74) is 0. The van der Waals surface area contributed by atoms with Gasteiger partial charge in [0.2, 0.25) is 0 Å². The third-order valence-corrected chi connectivity index (χ3v) is 3.47. The summed E-state index contributed by atoms with van der Waals surface area (Å²) in [5.74, 6) is 0.723. The van der Waals surface area contributed by atoms with E-state index in [2.05, 4.69) is 4.98 Å². The van der Waals surface area contributed by atoms with E-state index in [4.69, 9.17) is 15.4 Å². The van der Waals surface area contributed by atoms with Crippen LogP contribution in [-0.4, -0.2) is 31.2 Å². The molecular weight excluding hydrogens is 264 g/mol. The van der Waals surface area contributed by atoms with Crippen molar-refractivity contribution < 1.29 is 13.2 Å². The zero-order chi connectivity index (χ0) is 12.9. The number of hydrogen-bond donors (Lipinski definition) is 0. The zero-order valence-corrected chi connectivity index (χ0v) is 11.6. The van der Waals surface area contributed by atoms with Gasteiger partial charge in [0, 0.05) is 43.1 Å². The largest absolute Gasteiger partial charge is 0.382 e. The highest BCUT2D eigenvalue weighted by Gasteiger charge is 2.16. The van der Waals surface area contributed by atoms with Gasteiger partial charge in [-0.25, -0.2) is 13.4 Å². The lowest BCUT2D eigenvalue weighted by molar-refractivity contribution is 0.141. The Morgan fingerprint density at radius 2 is 2.18 bits per heavy atom. The second-order valence-electron chi connectivity index (χ2n) is 3.53. The van der Waals surface area contributed by atoms with Crippen molar-refractivity contribution in [3.63, 3.8) is 0 Å². The Labute approximate surface area is 106 Å². The maximum absolute atomic E-state index is 11.2. The fraction of sp³-hybridized carbons (Fsp3) is 0.700. The number of imidazole rings is 1. The summed E-state index contributed by atoms with van der Waals surface area (Å²) in [4.78, 5) is 4.00. The molecular formula is C10H17ClN2O3S. The minimum absolute atomic E-state index is 0.0765. The Morgan fingerprint density at radius 1 is 1.47 bits per heavy atom. The van der Waals surface area contributed by atoms with Gasteiger partial charge in [0.25, 0.3) is 9.05 Å². The minimum atomic E-state index is -3.74. The first-order valence-corrected chi connectivity index (χ1v) is 7.88. The average Bonchev–Trinajstić information content (AvgIpc) is 2.67. The van der Waals surface area contributed by atoms with Gasteiger partial charge in [0.15, 0.2) is 5.03 Å². The van der Waals surface area contributed by atoms with Gasteiger partial charge in [-0.05, 0) is 13.3 Å². The molecule has 0 saturated carbocycles. The molecule has 0 unspecified atom stereocenters. The second kappa shape index (κ2) is 6.37. The van der Waals surface area contributed by atoms with Crippen LogP contribution in [0.25, 0.3) is 0 Å². The second-order valence-corrected chi connectivity index (χ2v) is 6.04. The lowest BCUT2D eigenvalue weighted by atomic mass is 10.4. The molecule has 0 radical (unpaired) electrons. The summed E-state index contributed by atoms with van der Waals surface area (Å²) < 4.78 is 29.3. The first-order valence-electron chi connectivity index (χ1n) is 5.57. The lowest BCUT2D eigenvalue weighted by Gasteiger charge is -2.05. The predicted octanol–water partition coefficient (Wildman–Crippen LogP) is 1.80. The Bertz CT molecular complexity index is 456. The normalized spacial score (nSPS) is 11.9. The Morgan fingerprint density at radius 3 is 2.71 bits per heavy atom. The highest BCUT2D eigenvalue weighted by molar-refractivity contribution is 8.13. The Hall–Kier alpha value is -0.590. The van der Waals surface area contributed by atoms with Crippen LogP contribution in [0, 0.1) is 0 Å². The molecule has 0 aliphatic rings. The first-order chi connectivity index (χ1) is 7.99. The number of hydrogen-bond acceptors (Lipinski definition) is 4. The molecule has 5 nitrogen and oxygen atoms in total. The topological polar surface area (TPSA) is 61.2 Å². The molecule has 0 amide bonds. The Kier molecular flexibility index (Phi) is 5.42. The molecule has 1 rings (SSSR count). The van der Waals surface area contributed by atoms with E-state index in [-0.39, 0.29) is 5.03 Å². The highest BCUT2D eigenvalue weighted by Crippen LogP contribution is 2.15. The van der Waals surface area contributed by atoms with Crippen molar-refractivity contribution in [1.82, 2.24) is 9.55 Å². The summed E-state index contributed by atoms with van der Waals surface area (Å²) in [7, 11) is 1.52. The number of rotatable bonds is 7. The molecule has 0 aliphatic carbocycles. The lowest BCUT2D eigenvalue weighted by Crippen LogP contribution is -2.05. The molecule has 0 aliphatic heterocycles. The molecule has 0 N–H and O–H groups in total. The van der Waals surface area contributed by atoms with Crippen molar-refractivity contribution in [3.05, 3.63) is 12.0 Å². The van der Waals surface area contributed by atoms with Crippen LogP contribution in [0.2, 0.25) is 0 Å². The number of ether oxygens (including phenoxy) is 1. The van der Waals surface area contributed by atoms with Crippen LogP contribution in [0.5, 0.6) is 0 Å². The van der Waals surface area contributed by atoms with E-state index in [9.17, 15) is 8.42 Å². The smallest absolute Gasteiger partial charge is 0.280 e. The maximum atomic E-state index is 11.2. The van der Waals surface area contributed by atoms with Crippen molar-refractivity contribution in [3.8, 4) is 0 Å². The number of nitrogens with zero attached hydrogens (tertiary/aromatic N) is 2. The molecule has 0 fully saturated rings. The van der Waals surface area contributed by atoms with Crippen molar-refractivity contribution in [2.45, 2.75) is 38.3 Å². The summed E-state index contributed by atoms with van der Waals surface area (Å²) in [6.07, 6.45) is 2.97. The molecule has 1 heterocycles. The molecule has 98 valence electrons. The molecule has 7 heteroatoms. The number of halogens is 1. The van der Waals surface area contributed by atoms with Gasteiger partial charge < -0.3 is 9.30 Å².